The molecule has 0 atom stereocenters. The number of Topliss-reactive ketones (excluding diaryl/α,β-unsaturated/α-hetero) is 2. The fourth-order valence-electron chi connectivity index (χ4n) is 3.53. The average molecular weight is 329 g/mol. The van der Waals surface area contributed by atoms with E-state index in [1.807, 2.05) is 32.9 Å². The normalized spacial score (nSPS) is 20.2. The van der Waals surface area contributed by atoms with Gasteiger partial charge in [-0.05, 0) is 43.4 Å². The van der Waals surface area contributed by atoms with Gasteiger partial charge in [0.2, 0.25) is 5.91 Å². The van der Waals surface area contributed by atoms with Gasteiger partial charge < -0.3 is 5.32 Å². The van der Waals surface area contributed by atoms with E-state index < -0.39 is 5.92 Å². The Morgan fingerprint density at radius 1 is 1.08 bits per heavy atom. The minimum atomic E-state index is -0.651. The van der Waals surface area contributed by atoms with E-state index in [-0.39, 0.29) is 29.8 Å². The molecule has 0 spiro atoms. The number of aryl methyl sites for hydroxylation is 3. The number of benzene rings is 1. The molecule has 0 heterocycles. The average Bonchev–Trinajstić information content (AvgIpc) is 2.51. The quantitative estimate of drug-likeness (QED) is 0.684. The monoisotopic (exact) mass is 329 g/mol. The van der Waals surface area contributed by atoms with Gasteiger partial charge in [-0.3, -0.25) is 14.4 Å². The summed E-state index contributed by atoms with van der Waals surface area (Å²) in [7, 11) is 1.57. The van der Waals surface area contributed by atoms with E-state index in [4.69, 9.17) is 0 Å². The molecule has 1 N–H and O–H groups in total. The van der Waals surface area contributed by atoms with Crippen molar-refractivity contribution in [3.05, 3.63) is 47.5 Å². The lowest BCUT2D eigenvalue weighted by Crippen LogP contribution is -2.34. The highest BCUT2D eigenvalue weighted by molar-refractivity contribution is 6.10. The first-order chi connectivity index (χ1) is 11.3. The summed E-state index contributed by atoms with van der Waals surface area (Å²) in [6.07, 6.45) is 0.847. The van der Waals surface area contributed by atoms with Gasteiger partial charge in [-0.1, -0.05) is 17.7 Å². The molecular weight excluding hydrogens is 302 g/mol. The van der Waals surface area contributed by atoms with Crippen molar-refractivity contribution in [2.75, 3.05) is 7.05 Å². The molecule has 1 aromatic rings. The molecule has 0 unspecified atom stereocenters. The molecule has 4 nitrogen and oxygen atoms in total. The second-order valence-electron chi connectivity index (χ2n) is 6.33. The number of hydrogen-bond acceptors (Lipinski definition) is 3. The molecule has 1 amide bonds. The molecule has 1 saturated carbocycles. The first-order valence-electron chi connectivity index (χ1n) is 8.17. The third kappa shape index (κ3) is 4.40. The van der Waals surface area contributed by atoms with Crippen LogP contribution in [0.5, 0.6) is 0 Å². The Bertz CT molecular complexity index is 607. The van der Waals surface area contributed by atoms with Crippen LogP contribution < -0.4 is 5.32 Å². The van der Waals surface area contributed by atoms with Gasteiger partial charge in [0.25, 0.3) is 0 Å². The molecule has 1 aromatic carbocycles. The standard InChI is InChI=1S/C18H23NO3.C2H4/c1-10-5-11(2)17(12(3)6-10)18-14(20)7-13(8-15(18)21)9-16(22)19-4;1-2/h5-6,13,18H,7-9H2,1-4H3,(H,19,22);1-2H2. The predicted molar refractivity (Wildman–Crippen MR) is 96.1 cm³/mol. The summed E-state index contributed by atoms with van der Waals surface area (Å²) in [5.74, 6) is -1.05. The second-order valence-corrected chi connectivity index (χ2v) is 6.33. The number of rotatable bonds is 3. The van der Waals surface area contributed by atoms with Crippen LogP contribution in [-0.2, 0) is 14.4 Å². The Kier molecular flexibility index (Phi) is 7.08. The van der Waals surface area contributed by atoms with Crippen LogP contribution in [0, 0.1) is 26.7 Å². The molecule has 0 bridgehead atoms. The summed E-state index contributed by atoms with van der Waals surface area (Å²) in [6, 6.07) is 4.03. The molecule has 24 heavy (non-hydrogen) atoms. The van der Waals surface area contributed by atoms with E-state index >= 15 is 0 Å². The third-order valence-electron chi connectivity index (χ3n) is 4.40. The number of ketones is 2. The number of carbonyl (C=O) groups is 3. The molecule has 2 rings (SSSR count). The van der Waals surface area contributed by atoms with E-state index in [1.165, 1.54) is 0 Å². The summed E-state index contributed by atoms with van der Waals surface area (Å²) in [5, 5.41) is 2.55. The molecule has 130 valence electrons. The Balaban J connectivity index is 0.00000139. The predicted octanol–water partition coefficient (Wildman–Crippen LogP) is 3.18. The van der Waals surface area contributed by atoms with E-state index in [0.29, 0.717) is 12.8 Å². The Morgan fingerprint density at radius 3 is 1.96 bits per heavy atom. The maximum Gasteiger partial charge on any atom is 0.220 e. The first-order valence-corrected chi connectivity index (χ1v) is 8.17. The van der Waals surface area contributed by atoms with Crippen molar-refractivity contribution in [2.24, 2.45) is 5.92 Å². The highest BCUT2D eigenvalue weighted by atomic mass is 16.2. The first kappa shape index (κ1) is 19.8. The van der Waals surface area contributed by atoms with E-state index in [1.54, 1.807) is 7.05 Å². The number of carbonyl (C=O) groups excluding carboxylic acids is 3. The fraction of sp³-hybridized carbons (Fsp3) is 0.450. The van der Waals surface area contributed by atoms with Crippen molar-refractivity contribution in [3.8, 4) is 0 Å². The molecule has 1 fully saturated rings. The Labute approximate surface area is 144 Å². The van der Waals surface area contributed by atoms with Gasteiger partial charge in [-0.25, -0.2) is 0 Å². The summed E-state index contributed by atoms with van der Waals surface area (Å²) in [6.45, 7) is 11.9. The van der Waals surface area contributed by atoms with Crippen LogP contribution in [-0.4, -0.2) is 24.5 Å². The van der Waals surface area contributed by atoms with Gasteiger partial charge in [0, 0.05) is 26.3 Å². The third-order valence-corrected chi connectivity index (χ3v) is 4.40. The molecule has 1 aliphatic carbocycles. The molecule has 4 heteroatoms. The van der Waals surface area contributed by atoms with Gasteiger partial charge >= 0.3 is 0 Å². The summed E-state index contributed by atoms with van der Waals surface area (Å²) >= 11 is 0. The summed E-state index contributed by atoms with van der Waals surface area (Å²) < 4.78 is 0. The van der Waals surface area contributed by atoms with Crippen LogP contribution in [0.15, 0.2) is 25.3 Å². The van der Waals surface area contributed by atoms with Crippen LogP contribution >= 0.6 is 0 Å². The highest BCUT2D eigenvalue weighted by Crippen LogP contribution is 2.35. The zero-order chi connectivity index (χ0) is 18.4. The lowest BCUT2D eigenvalue weighted by atomic mass is 9.73. The SMILES string of the molecule is C=C.CNC(=O)CC1CC(=O)C(c2c(C)cc(C)cc2C)C(=O)C1. The van der Waals surface area contributed by atoms with Crippen LogP contribution in [0.3, 0.4) is 0 Å². The van der Waals surface area contributed by atoms with Crippen LogP contribution in [0.1, 0.15) is 47.4 Å². The largest absolute Gasteiger partial charge is 0.359 e. The van der Waals surface area contributed by atoms with Crippen LogP contribution in [0.25, 0.3) is 0 Å². The molecule has 1 aliphatic rings. The van der Waals surface area contributed by atoms with Gasteiger partial charge in [0.1, 0.15) is 17.5 Å². The molecule has 0 aromatic heterocycles. The van der Waals surface area contributed by atoms with Gasteiger partial charge in [0.05, 0.1) is 0 Å². The Morgan fingerprint density at radius 2 is 1.54 bits per heavy atom. The smallest absolute Gasteiger partial charge is 0.220 e. The van der Waals surface area contributed by atoms with Gasteiger partial charge in [-0.15, -0.1) is 13.2 Å². The minimum Gasteiger partial charge on any atom is -0.359 e. The minimum absolute atomic E-state index is 0.0554. The summed E-state index contributed by atoms with van der Waals surface area (Å²) in [5.41, 5.74) is 3.98. The van der Waals surface area contributed by atoms with Crippen LogP contribution in [0.4, 0.5) is 0 Å². The Hall–Kier alpha value is -2.23. The van der Waals surface area contributed by atoms with Crippen molar-refractivity contribution < 1.29 is 14.4 Å². The summed E-state index contributed by atoms with van der Waals surface area (Å²) in [4.78, 5) is 36.5. The zero-order valence-corrected chi connectivity index (χ0v) is 15.1. The molecule has 0 saturated heterocycles. The fourth-order valence-corrected chi connectivity index (χ4v) is 3.53. The zero-order valence-electron chi connectivity index (χ0n) is 15.1. The van der Waals surface area contributed by atoms with E-state index in [2.05, 4.69) is 18.5 Å². The van der Waals surface area contributed by atoms with Gasteiger partial charge in [0.15, 0.2) is 0 Å². The topological polar surface area (TPSA) is 63.2 Å². The van der Waals surface area contributed by atoms with Crippen LogP contribution in [0.2, 0.25) is 0 Å². The van der Waals surface area contributed by atoms with Crippen molar-refractivity contribution >= 4 is 17.5 Å². The van der Waals surface area contributed by atoms with Crippen molar-refractivity contribution in [3.63, 3.8) is 0 Å². The lowest BCUT2D eigenvalue weighted by Gasteiger charge is -2.28. The van der Waals surface area contributed by atoms with Crippen molar-refractivity contribution in [1.82, 2.24) is 5.32 Å². The van der Waals surface area contributed by atoms with Gasteiger partial charge in [-0.2, -0.15) is 0 Å². The van der Waals surface area contributed by atoms with Crippen molar-refractivity contribution in [1.29, 1.82) is 0 Å². The van der Waals surface area contributed by atoms with Crippen molar-refractivity contribution in [2.45, 2.75) is 46.0 Å². The molecule has 0 radical (unpaired) electrons. The molecular formula is C20H27NO3. The number of hydrogen-bond donors (Lipinski definition) is 1. The number of nitrogens with one attached hydrogen (secondary N) is 1. The highest BCUT2D eigenvalue weighted by Gasteiger charge is 2.38. The maximum absolute atomic E-state index is 12.5. The lowest BCUT2D eigenvalue weighted by molar-refractivity contribution is -0.134. The second kappa shape index (κ2) is 8.57. The number of amides is 1. The molecule has 0 aliphatic heterocycles. The van der Waals surface area contributed by atoms with E-state index in [9.17, 15) is 14.4 Å². The maximum atomic E-state index is 12.5. The van der Waals surface area contributed by atoms with E-state index in [0.717, 1.165) is 22.3 Å².